The van der Waals surface area contributed by atoms with Crippen molar-refractivity contribution in [3.8, 4) is 0 Å². The lowest BCUT2D eigenvalue weighted by Crippen LogP contribution is -2.37. The van der Waals surface area contributed by atoms with E-state index in [0.29, 0.717) is 18.5 Å². The maximum atomic E-state index is 12.5. The number of aryl methyl sites for hydroxylation is 1. The highest BCUT2D eigenvalue weighted by molar-refractivity contribution is 6.14. The third kappa shape index (κ3) is 1.93. The quantitative estimate of drug-likeness (QED) is 0.606. The molecule has 0 saturated carbocycles. The molecule has 1 aromatic rings. The summed E-state index contributed by atoms with van der Waals surface area (Å²) in [4.78, 5) is 29.6. The fourth-order valence-corrected chi connectivity index (χ4v) is 2.30. The van der Waals surface area contributed by atoms with E-state index in [2.05, 4.69) is 0 Å². The van der Waals surface area contributed by atoms with Crippen LogP contribution in [0.3, 0.4) is 0 Å². The van der Waals surface area contributed by atoms with E-state index in [0.717, 1.165) is 5.56 Å². The third-order valence-corrected chi connectivity index (χ3v) is 3.52. The van der Waals surface area contributed by atoms with Crippen molar-refractivity contribution in [3.63, 3.8) is 0 Å². The standard InChI is InChI=1S/C14H17NO3/c1-10-5-4-6-11(9-10)12(16)14(2)7-8-15(18-3)13(14)17/h4-6,9H,7-8H2,1-3H3/t14-/m0/s1. The average molecular weight is 247 g/mol. The number of nitrogens with zero attached hydrogens (tertiary/aromatic N) is 1. The van der Waals surface area contributed by atoms with Crippen LogP contribution in [0.15, 0.2) is 24.3 Å². The van der Waals surface area contributed by atoms with Crippen LogP contribution in [0.5, 0.6) is 0 Å². The van der Waals surface area contributed by atoms with Gasteiger partial charge in [-0.3, -0.25) is 14.4 Å². The second-order valence-electron chi connectivity index (χ2n) is 4.87. The van der Waals surface area contributed by atoms with E-state index in [-0.39, 0.29) is 11.7 Å². The molecular weight excluding hydrogens is 230 g/mol. The van der Waals surface area contributed by atoms with E-state index in [4.69, 9.17) is 4.84 Å². The summed E-state index contributed by atoms with van der Waals surface area (Å²) in [7, 11) is 1.45. The van der Waals surface area contributed by atoms with Crippen LogP contribution in [0.4, 0.5) is 0 Å². The van der Waals surface area contributed by atoms with Crippen LogP contribution >= 0.6 is 0 Å². The first-order chi connectivity index (χ1) is 8.49. The van der Waals surface area contributed by atoms with E-state index in [1.54, 1.807) is 13.0 Å². The van der Waals surface area contributed by atoms with Gasteiger partial charge in [0.15, 0.2) is 5.78 Å². The predicted octanol–water partition coefficient (Wildman–Crippen LogP) is 1.98. The molecule has 0 N–H and O–H groups in total. The molecule has 1 aliphatic heterocycles. The second-order valence-corrected chi connectivity index (χ2v) is 4.87. The van der Waals surface area contributed by atoms with Gasteiger partial charge in [-0.2, -0.15) is 0 Å². The molecule has 4 nitrogen and oxygen atoms in total. The van der Waals surface area contributed by atoms with Gasteiger partial charge in [-0.1, -0.05) is 23.8 Å². The SMILES string of the molecule is CON1CC[C@@](C)(C(=O)c2cccc(C)c2)C1=O. The van der Waals surface area contributed by atoms with Gasteiger partial charge in [-0.15, -0.1) is 0 Å². The Morgan fingerprint density at radius 3 is 2.72 bits per heavy atom. The van der Waals surface area contributed by atoms with E-state index in [1.807, 2.05) is 25.1 Å². The second kappa shape index (κ2) is 4.53. The highest BCUT2D eigenvalue weighted by atomic mass is 16.7. The topological polar surface area (TPSA) is 46.6 Å². The zero-order valence-corrected chi connectivity index (χ0v) is 10.9. The summed E-state index contributed by atoms with van der Waals surface area (Å²) in [5.41, 5.74) is 0.603. The summed E-state index contributed by atoms with van der Waals surface area (Å²) >= 11 is 0. The Morgan fingerprint density at radius 2 is 2.17 bits per heavy atom. The van der Waals surface area contributed by atoms with E-state index in [1.165, 1.54) is 12.2 Å². The van der Waals surface area contributed by atoms with Gasteiger partial charge >= 0.3 is 0 Å². The number of carbonyl (C=O) groups is 2. The molecule has 1 heterocycles. The van der Waals surface area contributed by atoms with Gasteiger partial charge in [0.05, 0.1) is 13.7 Å². The van der Waals surface area contributed by atoms with Crippen LogP contribution < -0.4 is 0 Å². The van der Waals surface area contributed by atoms with E-state index < -0.39 is 5.41 Å². The minimum atomic E-state index is -0.996. The summed E-state index contributed by atoms with van der Waals surface area (Å²) in [6.07, 6.45) is 0.493. The Morgan fingerprint density at radius 1 is 1.44 bits per heavy atom. The summed E-state index contributed by atoms with van der Waals surface area (Å²) in [6.45, 7) is 4.08. The molecule has 1 fully saturated rings. The van der Waals surface area contributed by atoms with Crippen molar-refractivity contribution >= 4 is 11.7 Å². The molecule has 1 atom stereocenters. The molecule has 1 amide bonds. The summed E-state index contributed by atoms with van der Waals surface area (Å²) in [5, 5.41) is 1.26. The van der Waals surface area contributed by atoms with Crippen molar-refractivity contribution in [1.82, 2.24) is 5.06 Å². The molecule has 0 unspecified atom stereocenters. The van der Waals surface area contributed by atoms with Crippen molar-refractivity contribution in [3.05, 3.63) is 35.4 Å². The van der Waals surface area contributed by atoms with Crippen LogP contribution in [0, 0.1) is 12.3 Å². The number of hydroxylamine groups is 2. The van der Waals surface area contributed by atoms with Gasteiger partial charge in [-0.05, 0) is 26.3 Å². The molecule has 96 valence electrons. The Hall–Kier alpha value is -1.68. The third-order valence-electron chi connectivity index (χ3n) is 3.52. The maximum absolute atomic E-state index is 12.5. The molecule has 18 heavy (non-hydrogen) atoms. The maximum Gasteiger partial charge on any atom is 0.259 e. The zero-order valence-electron chi connectivity index (χ0n) is 10.9. The summed E-state index contributed by atoms with van der Waals surface area (Å²) in [6, 6.07) is 7.33. The monoisotopic (exact) mass is 247 g/mol. The fraction of sp³-hybridized carbons (Fsp3) is 0.429. The number of hydrogen-bond acceptors (Lipinski definition) is 3. The van der Waals surface area contributed by atoms with Gasteiger partial charge in [0.1, 0.15) is 5.41 Å². The van der Waals surface area contributed by atoms with Gasteiger partial charge in [0, 0.05) is 5.56 Å². The van der Waals surface area contributed by atoms with Crippen molar-refractivity contribution < 1.29 is 14.4 Å². The molecule has 4 heteroatoms. The van der Waals surface area contributed by atoms with Gasteiger partial charge in [-0.25, -0.2) is 5.06 Å². The summed E-state index contributed by atoms with van der Waals surface area (Å²) in [5.74, 6) is -0.382. The van der Waals surface area contributed by atoms with Crippen LogP contribution in [-0.4, -0.2) is 30.4 Å². The molecule has 0 aliphatic carbocycles. The number of rotatable bonds is 3. The predicted molar refractivity (Wildman–Crippen MR) is 67.0 cm³/mol. The van der Waals surface area contributed by atoms with E-state index >= 15 is 0 Å². The van der Waals surface area contributed by atoms with Gasteiger partial charge in [0.25, 0.3) is 5.91 Å². The summed E-state index contributed by atoms with van der Waals surface area (Å²) < 4.78 is 0. The number of ketones is 1. The Labute approximate surface area is 106 Å². The minimum Gasteiger partial charge on any atom is -0.293 e. The molecule has 2 rings (SSSR count). The van der Waals surface area contributed by atoms with Crippen LogP contribution in [0.2, 0.25) is 0 Å². The van der Waals surface area contributed by atoms with Crippen molar-refractivity contribution in [2.24, 2.45) is 5.41 Å². The molecule has 0 aromatic heterocycles. The molecule has 0 spiro atoms. The Bertz CT molecular complexity index is 498. The average Bonchev–Trinajstić information content (AvgIpc) is 2.66. The molecule has 1 aromatic carbocycles. The molecule has 1 saturated heterocycles. The first-order valence-corrected chi connectivity index (χ1v) is 5.96. The largest absolute Gasteiger partial charge is 0.293 e. The van der Waals surface area contributed by atoms with Crippen molar-refractivity contribution in [1.29, 1.82) is 0 Å². The van der Waals surface area contributed by atoms with Crippen molar-refractivity contribution in [2.45, 2.75) is 20.3 Å². The van der Waals surface area contributed by atoms with Crippen LogP contribution in [-0.2, 0) is 9.63 Å². The first-order valence-electron chi connectivity index (χ1n) is 5.96. The lowest BCUT2D eigenvalue weighted by molar-refractivity contribution is -0.171. The molecule has 0 bridgehead atoms. The van der Waals surface area contributed by atoms with Crippen LogP contribution in [0.1, 0.15) is 29.3 Å². The Kier molecular flexibility index (Phi) is 3.22. The van der Waals surface area contributed by atoms with E-state index in [9.17, 15) is 9.59 Å². The molecule has 1 aliphatic rings. The molecule has 0 radical (unpaired) electrons. The van der Waals surface area contributed by atoms with Gasteiger partial charge in [0.2, 0.25) is 0 Å². The zero-order chi connectivity index (χ0) is 13.3. The number of carbonyl (C=O) groups excluding carboxylic acids is 2. The Balaban J connectivity index is 2.32. The van der Waals surface area contributed by atoms with Crippen LogP contribution in [0.25, 0.3) is 0 Å². The van der Waals surface area contributed by atoms with Crippen molar-refractivity contribution in [2.75, 3.05) is 13.7 Å². The highest BCUT2D eigenvalue weighted by Gasteiger charge is 2.49. The normalized spacial score (nSPS) is 23.5. The number of Topliss-reactive ketones (excluding diaryl/α,β-unsaturated/α-hetero) is 1. The number of hydrogen-bond donors (Lipinski definition) is 0. The minimum absolute atomic E-state index is 0.129. The fourth-order valence-electron chi connectivity index (χ4n) is 2.30. The highest BCUT2D eigenvalue weighted by Crippen LogP contribution is 2.35. The molecular formula is C14H17NO3. The number of amides is 1. The lowest BCUT2D eigenvalue weighted by atomic mass is 9.80. The lowest BCUT2D eigenvalue weighted by Gasteiger charge is -2.21. The van der Waals surface area contributed by atoms with Gasteiger partial charge < -0.3 is 0 Å². The smallest absolute Gasteiger partial charge is 0.259 e. The first kappa shape index (κ1) is 12.8. The number of benzene rings is 1.